The third kappa shape index (κ3) is 3.85. The lowest BCUT2D eigenvalue weighted by Gasteiger charge is -2.20. The van der Waals surface area contributed by atoms with Gasteiger partial charge in [0.15, 0.2) is 5.82 Å². The van der Waals surface area contributed by atoms with E-state index in [0.29, 0.717) is 35.0 Å². The number of nitrogens with zero attached hydrogens (tertiary/aromatic N) is 4. The van der Waals surface area contributed by atoms with Crippen LogP contribution in [0.3, 0.4) is 0 Å². The third-order valence-corrected chi connectivity index (χ3v) is 5.49. The molecule has 8 heteroatoms. The summed E-state index contributed by atoms with van der Waals surface area (Å²) in [6, 6.07) is 10.3. The zero-order chi connectivity index (χ0) is 21.5. The fraction of sp³-hybridized carbons (Fsp3) is 0.348. The van der Waals surface area contributed by atoms with Gasteiger partial charge in [-0.15, -0.1) is 5.10 Å². The average Bonchev–Trinajstić information content (AvgIpc) is 3.31. The topological polar surface area (TPSA) is 69.5 Å². The summed E-state index contributed by atoms with van der Waals surface area (Å²) in [5.74, 6) is 0.765. The van der Waals surface area contributed by atoms with Crippen LogP contribution in [0, 0.1) is 5.82 Å². The summed E-state index contributed by atoms with van der Waals surface area (Å²) in [6.07, 6.45) is 3.88. The number of hydrogen-bond acceptors (Lipinski definition) is 5. The molecule has 1 saturated carbocycles. The quantitative estimate of drug-likeness (QED) is 0.578. The average molecular weight is 422 g/mol. The molecule has 5 rings (SSSR count). The van der Waals surface area contributed by atoms with Gasteiger partial charge in [0.25, 0.3) is 5.91 Å². The van der Waals surface area contributed by atoms with Gasteiger partial charge in [0.05, 0.1) is 18.8 Å². The standard InChI is InChI=1S/C23H23FN4O3/c1-14(2)27-12-19-18(23(27)29)4-3-5-22(19)30-13-15-11-28(26-25-15)21-9-8-17(10-20(21)24)31-16-6-7-16/h3-5,8-11,14,16H,6-7,12-13H2,1-2H3. The molecule has 0 saturated heterocycles. The van der Waals surface area contributed by atoms with Crippen LogP contribution in [0.15, 0.2) is 42.6 Å². The molecule has 0 N–H and O–H groups in total. The molecule has 2 aromatic carbocycles. The Morgan fingerprint density at radius 2 is 2.06 bits per heavy atom. The van der Waals surface area contributed by atoms with Gasteiger partial charge in [0.1, 0.15) is 29.5 Å². The van der Waals surface area contributed by atoms with Crippen LogP contribution >= 0.6 is 0 Å². The normalized spacial score (nSPS) is 15.5. The van der Waals surface area contributed by atoms with E-state index in [1.807, 2.05) is 36.9 Å². The number of fused-ring (bicyclic) bond motifs is 1. The van der Waals surface area contributed by atoms with Crippen LogP contribution in [0.2, 0.25) is 0 Å². The van der Waals surface area contributed by atoms with Crippen molar-refractivity contribution in [1.82, 2.24) is 19.9 Å². The summed E-state index contributed by atoms with van der Waals surface area (Å²) in [5.41, 5.74) is 2.40. The van der Waals surface area contributed by atoms with Crippen LogP contribution in [0.4, 0.5) is 4.39 Å². The molecule has 2 heterocycles. The molecule has 7 nitrogen and oxygen atoms in total. The summed E-state index contributed by atoms with van der Waals surface area (Å²) in [5, 5.41) is 8.12. The van der Waals surface area contributed by atoms with Gasteiger partial charge in [0, 0.05) is 23.2 Å². The molecule has 0 unspecified atom stereocenters. The Hall–Kier alpha value is -3.42. The first-order chi connectivity index (χ1) is 15.0. The van der Waals surface area contributed by atoms with E-state index >= 15 is 0 Å². The smallest absolute Gasteiger partial charge is 0.254 e. The van der Waals surface area contributed by atoms with Gasteiger partial charge in [-0.1, -0.05) is 11.3 Å². The predicted molar refractivity (Wildman–Crippen MR) is 111 cm³/mol. The lowest BCUT2D eigenvalue weighted by molar-refractivity contribution is 0.0730. The molecular formula is C23H23FN4O3. The van der Waals surface area contributed by atoms with Crippen molar-refractivity contribution in [3.05, 3.63) is 65.2 Å². The maximum absolute atomic E-state index is 14.5. The molecule has 160 valence electrons. The van der Waals surface area contributed by atoms with Crippen molar-refractivity contribution >= 4 is 5.91 Å². The van der Waals surface area contributed by atoms with Crippen LogP contribution in [-0.2, 0) is 13.2 Å². The largest absolute Gasteiger partial charge is 0.490 e. The minimum atomic E-state index is -0.427. The second-order valence-electron chi connectivity index (χ2n) is 8.18. The lowest BCUT2D eigenvalue weighted by atomic mass is 10.1. The van der Waals surface area contributed by atoms with Crippen LogP contribution < -0.4 is 9.47 Å². The Balaban J connectivity index is 1.29. The second-order valence-corrected chi connectivity index (χ2v) is 8.18. The van der Waals surface area contributed by atoms with Gasteiger partial charge >= 0.3 is 0 Å². The molecule has 3 aromatic rings. The highest BCUT2D eigenvalue weighted by Gasteiger charge is 2.31. The molecule has 1 aliphatic heterocycles. The van der Waals surface area contributed by atoms with E-state index < -0.39 is 5.82 Å². The van der Waals surface area contributed by atoms with Crippen LogP contribution in [0.25, 0.3) is 5.69 Å². The number of aromatic nitrogens is 3. The first-order valence-corrected chi connectivity index (χ1v) is 10.4. The Kier molecular flexibility index (Phi) is 4.84. The summed E-state index contributed by atoms with van der Waals surface area (Å²) in [4.78, 5) is 14.4. The zero-order valence-corrected chi connectivity index (χ0v) is 17.4. The van der Waals surface area contributed by atoms with Crippen molar-refractivity contribution in [2.24, 2.45) is 0 Å². The van der Waals surface area contributed by atoms with Crippen LogP contribution in [0.1, 0.15) is 48.3 Å². The van der Waals surface area contributed by atoms with Gasteiger partial charge in [-0.3, -0.25) is 4.79 Å². The highest BCUT2D eigenvalue weighted by atomic mass is 19.1. The van der Waals surface area contributed by atoms with Crippen molar-refractivity contribution < 1.29 is 18.7 Å². The molecule has 0 spiro atoms. The van der Waals surface area contributed by atoms with E-state index in [0.717, 1.165) is 18.4 Å². The van der Waals surface area contributed by atoms with E-state index in [2.05, 4.69) is 10.3 Å². The number of hydrogen-bond donors (Lipinski definition) is 0. The number of carbonyl (C=O) groups excluding carboxylic acids is 1. The molecule has 0 bridgehead atoms. The fourth-order valence-corrected chi connectivity index (χ4v) is 3.64. The Bertz CT molecular complexity index is 1140. The number of rotatable bonds is 7. The number of halogens is 1. The van der Waals surface area contributed by atoms with E-state index in [1.54, 1.807) is 18.3 Å². The summed E-state index contributed by atoms with van der Waals surface area (Å²) >= 11 is 0. The molecule has 1 aromatic heterocycles. The number of amides is 1. The summed E-state index contributed by atoms with van der Waals surface area (Å²) in [6.45, 7) is 4.67. The van der Waals surface area contributed by atoms with Gasteiger partial charge in [-0.05, 0) is 51.0 Å². The van der Waals surface area contributed by atoms with Crippen LogP contribution in [0.5, 0.6) is 11.5 Å². The zero-order valence-electron chi connectivity index (χ0n) is 17.4. The Morgan fingerprint density at radius 1 is 1.23 bits per heavy atom. The SMILES string of the molecule is CC(C)N1Cc2c(OCc3cn(-c4ccc(OC5CC5)cc4F)nn3)cccc2C1=O. The summed E-state index contributed by atoms with van der Waals surface area (Å²) in [7, 11) is 0. The Labute approximate surface area is 179 Å². The maximum atomic E-state index is 14.5. The Morgan fingerprint density at radius 3 is 2.81 bits per heavy atom. The number of benzene rings is 2. The molecule has 0 atom stereocenters. The molecule has 31 heavy (non-hydrogen) atoms. The van der Waals surface area contributed by atoms with Crippen molar-refractivity contribution in [3.63, 3.8) is 0 Å². The molecule has 1 fully saturated rings. The van der Waals surface area contributed by atoms with E-state index in [-0.39, 0.29) is 24.7 Å². The third-order valence-electron chi connectivity index (χ3n) is 5.49. The molecule has 1 amide bonds. The number of carbonyl (C=O) groups is 1. The fourth-order valence-electron chi connectivity index (χ4n) is 3.64. The number of ether oxygens (including phenoxy) is 2. The second kappa shape index (κ2) is 7.68. The highest BCUT2D eigenvalue weighted by Crippen LogP contribution is 2.32. The molecule has 0 radical (unpaired) electrons. The monoisotopic (exact) mass is 422 g/mol. The molecule has 2 aliphatic rings. The van der Waals surface area contributed by atoms with Gasteiger partial charge in [0.2, 0.25) is 0 Å². The van der Waals surface area contributed by atoms with Gasteiger partial charge < -0.3 is 14.4 Å². The lowest BCUT2D eigenvalue weighted by Crippen LogP contribution is -2.30. The van der Waals surface area contributed by atoms with E-state index in [9.17, 15) is 9.18 Å². The maximum Gasteiger partial charge on any atom is 0.254 e. The molecular weight excluding hydrogens is 399 g/mol. The van der Waals surface area contributed by atoms with E-state index in [1.165, 1.54) is 10.7 Å². The first kappa shape index (κ1) is 19.5. The van der Waals surface area contributed by atoms with Crippen molar-refractivity contribution in [1.29, 1.82) is 0 Å². The van der Waals surface area contributed by atoms with Gasteiger partial charge in [-0.25, -0.2) is 9.07 Å². The molecule has 1 aliphatic carbocycles. The first-order valence-electron chi connectivity index (χ1n) is 10.4. The minimum absolute atomic E-state index is 0.0194. The van der Waals surface area contributed by atoms with Crippen molar-refractivity contribution in [2.45, 2.75) is 52.0 Å². The van der Waals surface area contributed by atoms with Crippen molar-refractivity contribution in [3.8, 4) is 17.2 Å². The van der Waals surface area contributed by atoms with Gasteiger partial charge in [-0.2, -0.15) is 0 Å². The predicted octanol–water partition coefficient (Wildman–Crippen LogP) is 3.89. The summed E-state index contributed by atoms with van der Waals surface area (Å²) < 4.78 is 27.5. The highest BCUT2D eigenvalue weighted by molar-refractivity contribution is 5.99. The van der Waals surface area contributed by atoms with E-state index in [4.69, 9.17) is 9.47 Å². The minimum Gasteiger partial charge on any atom is -0.490 e. The van der Waals surface area contributed by atoms with Crippen molar-refractivity contribution in [2.75, 3.05) is 0 Å². The van der Waals surface area contributed by atoms with Crippen LogP contribution in [-0.4, -0.2) is 37.9 Å².